The lowest BCUT2D eigenvalue weighted by Gasteiger charge is -2.26. The van der Waals surface area contributed by atoms with Gasteiger partial charge >= 0.3 is 6.03 Å². The fraction of sp³-hybridized carbons (Fsp3) is 0.381. The van der Waals surface area contributed by atoms with Crippen molar-refractivity contribution in [2.45, 2.75) is 0 Å². The number of rotatable bonds is 8. The summed E-state index contributed by atoms with van der Waals surface area (Å²) in [6, 6.07) is 18.2. The maximum Gasteiger partial charge on any atom is 0.321 e. The first-order chi connectivity index (χ1) is 12.5. The number of benzene rings is 2. The molecule has 5 nitrogen and oxygen atoms in total. The minimum atomic E-state index is -0.0545. The van der Waals surface area contributed by atoms with Crippen molar-refractivity contribution in [2.75, 3.05) is 59.7 Å². The van der Waals surface area contributed by atoms with E-state index in [0.717, 1.165) is 24.3 Å². The molecule has 0 aromatic heterocycles. The first kappa shape index (κ1) is 19.9. The predicted octanol–water partition coefficient (Wildman–Crippen LogP) is 3.31. The van der Waals surface area contributed by atoms with Crippen LogP contribution in [0.5, 0.6) is 0 Å². The molecule has 2 aromatic rings. The van der Waals surface area contributed by atoms with Crippen LogP contribution in [0.15, 0.2) is 54.6 Å². The minimum Gasteiger partial charge on any atom is -0.322 e. The number of carbonyl (C=O) groups excluding carboxylic acids is 1. The fourth-order valence-electron chi connectivity index (χ4n) is 2.54. The number of urea groups is 1. The van der Waals surface area contributed by atoms with Gasteiger partial charge in [0.25, 0.3) is 0 Å². The zero-order chi connectivity index (χ0) is 18.9. The van der Waals surface area contributed by atoms with Gasteiger partial charge in [0.05, 0.1) is 0 Å². The Morgan fingerprint density at radius 3 is 1.73 bits per heavy atom. The van der Waals surface area contributed by atoms with Crippen LogP contribution in [0.4, 0.5) is 10.5 Å². The molecule has 0 unspecified atom stereocenters. The first-order valence-corrected chi connectivity index (χ1v) is 8.96. The Kier molecular flexibility index (Phi) is 7.63. The second-order valence-corrected chi connectivity index (χ2v) is 6.97. The molecule has 26 heavy (non-hydrogen) atoms. The lowest BCUT2D eigenvalue weighted by Crippen LogP contribution is -2.42. The van der Waals surface area contributed by atoms with Crippen molar-refractivity contribution in [3.63, 3.8) is 0 Å². The lowest BCUT2D eigenvalue weighted by atomic mass is 10.1. The van der Waals surface area contributed by atoms with Gasteiger partial charge in [-0.3, -0.25) is 0 Å². The highest BCUT2D eigenvalue weighted by molar-refractivity contribution is 5.89. The quantitative estimate of drug-likeness (QED) is 0.790. The molecule has 0 aliphatic heterocycles. The zero-order valence-corrected chi connectivity index (χ0v) is 16.3. The summed E-state index contributed by atoms with van der Waals surface area (Å²) in [5.74, 6) is 0. The molecule has 0 fully saturated rings. The van der Waals surface area contributed by atoms with E-state index < -0.39 is 0 Å². The van der Waals surface area contributed by atoms with Gasteiger partial charge in [-0.2, -0.15) is 0 Å². The van der Waals surface area contributed by atoms with Crippen molar-refractivity contribution < 1.29 is 4.79 Å². The van der Waals surface area contributed by atoms with Crippen molar-refractivity contribution in [1.29, 1.82) is 0 Å². The van der Waals surface area contributed by atoms with Gasteiger partial charge < -0.3 is 20.0 Å². The minimum absolute atomic E-state index is 0.0545. The highest BCUT2D eigenvalue weighted by atomic mass is 16.2. The monoisotopic (exact) mass is 354 g/mol. The molecule has 0 saturated carbocycles. The third kappa shape index (κ3) is 6.50. The van der Waals surface area contributed by atoms with Crippen molar-refractivity contribution in [3.8, 4) is 11.1 Å². The standard InChI is InChI=1S/C21H30N4O/c1-23(2)14-16-25(17-15-24(3)4)21(26)22-20-12-10-19(11-13-20)18-8-6-5-7-9-18/h5-13H,14-17H2,1-4H3,(H,22,26). The molecule has 0 bridgehead atoms. The van der Waals surface area contributed by atoms with E-state index >= 15 is 0 Å². The number of likely N-dealkylation sites (N-methyl/N-ethyl adjacent to an activating group) is 2. The van der Waals surface area contributed by atoms with Crippen LogP contribution in [0.2, 0.25) is 0 Å². The molecule has 0 aliphatic rings. The number of hydrogen-bond donors (Lipinski definition) is 1. The second-order valence-electron chi connectivity index (χ2n) is 6.97. The van der Waals surface area contributed by atoms with E-state index in [1.807, 2.05) is 75.6 Å². The molecule has 0 atom stereocenters. The Morgan fingerprint density at radius 1 is 0.731 bits per heavy atom. The normalized spacial score (nSPS) is 11.0. The molecule has 2 aromatic carbocycles. The van der Waals surface area contributed by atoms with Gasteiger partial charge in [-0.05, 0) is 51.5 Å². The summed E-state index contributed by atoms with van der Waals surface area (Å²) >= 11 is 0. The van der Waals surface area contributed by atoms with Crippen LogP contribution in [0.1, 0.15) is 0 Å². The smallest absolute Gasteiger partial charge is 0.321 e. The summed E-state index contributed by atoms with van der Waals surface area (Å²) in [7, 11) is 8.07. The maximum atomic E-state index is 12.7. The number of hydrogen-bond acceptors (Lipinski definition) is 3. The van der Waals surface area contributed by atoms with Crippen molar-refractivity contribution in [3.05, 3.63) is 54.6 Å². The topological polar surface area (TPSA) is 38.8 Å². The van der Waals surface area contributed by atoms with Crippen LogP contribution in [0.3, 0.4) is 0 Å². The van der Waals surface area contributed by atoms with E-state index in [1.54, 1.807) is 0 Å². The Hall–Kier alpha value is -2.37. The van der Waals surface area contributed by atoms with E-state index in [4.69, 9.17) is 0 Å². The molecule has 2 amide bonds. The molecule has 140 valence electrons. The summed E-state index contributed by atoms with van der Waals surface area (Å²) < 4.78 is 0. The van der Waals surface area contributed by atoms with Crippen LogP contribution >= 0.6 is 0 Å². The number of nitrogens with one attached hydrogen (secondary N) is 1. The van der Waals surface area contributed by atoms with Gasteiger partial charge in [-0.15, -0.1) is 0 Å². The SMILES string of the molecule is CN(C)CCN(CCN(C)C)C(=O)Nc1ccc(-c2ccccc2)cc1. The molecule has 0 radical (unpaired) electrons. The van der Waals surface area contributed by atoms with Gasteiger partial charge in [0.2, 0.25) is 0 Å². The van der Waals surface area contributed by atoms with E-state index in [1.165, 1.54) is 5.56 Å². The van der Waals surface area contributed by atoms with Gasteiger partial charge in [0.1, 0.15) is 0 Å². The van der Waals surface area contributed by atoms with E-state index in [0.29, 0.717) is 13.1 Å². The Morgan fingerprint density at radius 2 is 1.23 bits per heavy atom. The number of carbonyl (C=O) groups is 1. The number of anilines is 1. The van der Waals surface area contributed by atoms with Crippen molar-refractivity contribution >= 4 is 11.7 Å². The molecule has 1 N–H and O–H groups in total. The first-order valence-electron chi connectivity index (χ1n) is 8.96. The molecule has 5 heteroatoms. The summed E-state index contributed by atoms with van der Waals surface area (Å²) in [5.41, 5.74) is 3.12. The Balaban J connectivity index is 2.00. The van der Waals surface area contributed by atoms with Gasteiger partial charge in [0, 0.05) is 31.9 Å². The molecular formula is C21H30N4O. The van der Waals surface area contributed by atoms with E-state index in [2.05, 4.69) is 27.2 Å². The van der Waals surface area contributed by atoms with Crippen LogP contribution in [-0.4, -0.2) is 75.1 Å². The van der Waals surface area contributed by atoms with Gasteiger partial charge in [0.15, 0.2) is 0 Å². The second kappa shape index (κ2) is 9.94. The van der Waals surface area contributed by atoms with Crippen LogP contribution < -0.4 is 5.32 Å². The number of nitrogens with zero attached hydrogens (tertiary/aromatic N) is 3. The molecular weight excluding hydrogens is 324 g/mol. The summed E-state index contributed by atoms with van der Waals surface area (Å²) in [5, 5.41) is 3.02. The Bertz CT molecular complexity index is 656. The average molecular weight is 354 g/mol. The fourth-order valence-corrected chi connectivity index (χ4v) is 2.54. The lowest BCUT2D eigenvalue weighted by molar-refractivity contribution is 0.198. The zero-order valence-electron chi connectivity index (χ0n) is 16.3. The summed E-state index contributed by atoms with van der Waals surface area (Å²) in [6.45, 7) is 3.09. The molecule has 0 heterocycles. The summed E-state index contributed by atoms with van der Waals surface area (Å²) in [4.78, 5) is 18.7. The molecule has 0 aliphatic carbocycles. The molecule has 0 spiro atoms. The van der Waals surface area contributed by atoms with E-state index in [-0.39, 0.29) is 6.03 Å². The largest absolute Gasteiger partial charge is 0.322 e. The maximum absolute atomic E-state index is 12.7. The summed E-state index contributed by atoms with van der Waals surface area (Å²) in [6.07, 6.45) is 0. The molecule has 2 rings (SSSR count). The third-order valence-corrected chi connectivity index (χ3v) is 4.16. The van der Waals surface area contributed by atoms with Gasteiger partial charge in [-0.1, -0.05) is 42.5 Å². The van der Waals surface area contributed by atoms with Gasteiger partial charge in [-0.25, -0.2) is 4.79 Å². The highest BCUT2D eigenvalue weighted by Crippen LogP contribution is 2.21. The third-order valence-electron chi connectivity index (χ3n) is 4.16. The Labute approximate surface area is 157 Å². The average Bonchev–Trinajstić information content (AvgIpc) is 2.62. The van der Waals surface area contributed by atoms with E-state index in [9.17, 15) is 4.79 Å². The predicted molar refractivity (Wildman–Crippen MR) is 110 cm³/mol. The molecule has 0 saturated heterocycles. The van der Waals surface area contributed by atoms with Crippen LogP contribution in [0, 0.1) is 0 Å². The van der Waals surface area contributed by atoms with Crippen LogP contribution in [-0.2, 0) is 0 Å². The van der Waals surface area contributed by atoms with Crippen LogP contribution in [0.25, 0.3) is 11.1 Å². The number of amides is 2. The highest BCUT2D eigenvalue weighted by Gasteiger charge is 2.14. The van der Waals surface area contributed by atoms with Crippen molar-refractivity contribution in [1.82, 2.24) is 14.7 Å². The van der Waals surface area contributed by atoms with Crippen molar-refractivity contribution in [2.24, 2.45) is 0 Å².